The number of carbonyl (C=O) groups excluding carboxylic acids is 1. The van der Waals surface area contributed by atoms with Crippen LogP contribution in [0.4, 0.5) is 0 Å². The van der Waals surface area contributed by atoms with E-state index >= 15 is 0 Å². The normalized spacial score (nSPS) is 14.4. The highest BCUT2D eigenvalue weighted by Gasteiger charge is 2.20. The van der Waals surface area contributed by atoms with Gasteiger partial charge >= 0.3 is 0 Å². The summed E-state index contributed by atoms with van der Waals surface area (Å²) in [6, 6.07) is 13.1. The molecule has 2 heterocycles. The van der Waals surface area contributed by atoms with Gasteiger partial charge in [-0.15, -0.1) is 10.2 Å². The topological polar surface area (TPSA) is 81.3 Å². The monoisotopic (exact) mass is 467 g/mol. The third-order valence-electron chi connectivity index (χ3n) is 5.96. The fourth-order valence-electron chi connectivity index (χ4n) is 4.19. The predicted octanol–water partition coefficient (Wildman–Crippen LogP) is 4.20. The molecule has 1 aliphatic rings. The van der Waals surface area contributed by atoms with Crippen LogP contribution in [0.25, 0.3) is 16.7 Å². The van der Waals surface area contributed by atoms with Crippen molar-refractivity contribution in [3.05, 3.63) is 69.0 Å². The Morgan fingerprint density at radius 1 is 1.19 bits per heavy atom. The smallest absolute Gasteiger partial charge is 0.262 e. The van der Waals surface area contributed by atoms with Crippen LogP contribution in [-0.4, -0.2) is 31.1 Å². The van der Waals surface area contributed by atoms with Crippen molar-refractivity contribution >= 4 is 46.0 Å². The van der Waals surface area contributed by atoms with E-state index in [-0.39, 0.29) is 17.5 Å². The summed E-state index contributed by atoms with van der Waals surface area (Å²) in [6.07, 6.45) is 4.31. The van der Waals surface area contributed by atoms with Gasteiger partial charge in [0.05, 0.1) is 10.9 Å². The van der Waals surface area contributed by atoms with Crippen LogP contribution < -0.4 is 10.9 Å². The summed E-state index contributed by atoms with van der Waals surface area (Å²) in [5.74, 6) is 0.913. The van der Waals surface area contributed by atoms with E-state index in [1.165, 1.54) is 16.3 Å². The van der Waals surface area contributed by atoms with Crippen LogP contribution in [0.15, 0.2) is 52.4 Å². The van der Waals surface area contributed by atoms with Gasteiger partial charge in [0.2, 0.25) is 5.78 Å². The fraction of sp³-hybridized carbons (Fsp3) is 0.304. The molecule has 32 heavy (non-hydrogen) atoms. The zero-order valence-corrected chi connectivity index (χ0v) is 19.1. The van der Waals surface area contributed by atoms with E-state index in [4.69, 9.17) is 11.6 Å². The van der Waals surface area contributed by atoms with Crippen LogP contribution >= 0.6 is 23.4 Å². The Morgan fingerprint density at radius 3 is 2.75 bits per heavy atom. The summed E-state index contributed by atoms with van der Waals surface area (Å²) in [4.78, 5) is 25.7. The molecule has 9 heteroatoms. The Labute approximate surface area is 193 Å². The average Bonchev–Trinajstić information content (AvgIpc) is 3.46. The quantitative estimate of drug-likeness (QED) is 0.445. The van der Waals surface area contributed by atoms with E-state index in [9.17, 15) is 9.59 Å². The van der Waals surface area contributed by atoms with Crippen molar-refractivity contribution in [3.63, 3.8) is 0 Å². The molecular weight excluding hydrogens is 446 g/mol. The maximum absolute atomic E-state index is 12.9. The number of aryl methyl sites for hydroxylation is 1. The lowest BCUT2D eigenvalue weighted by Crippen LogP contribution is -2.32. The number of halogens is 1. The lowest BCUT2D eigenvalue weighted by Gasteiger charge is -2.13. The Balaban J connectivity index is 1.57. The molecule has 0 spiro atoms. The number of amides is 1. The zero-order valence-electron chi connectivity index (χ0n) is 17.5. The molecule has 4 aromatic rings. The SMILES string of the molecule is Cn1c(=O)c2ccc(C(=O)NC3CCCC3)cc2n2c(SCc3ccccc3Cl)nnc12. The van der Waals surface area contributed by atoms with E-state index in [0.29, 0.717) is 38.2 Å². The summed E-state index contributed by atoms with van der Waals surface area (Å²) < 4.78 is 3.32. The molecule has 1 saturated carbocycles. The number of aromatic nitrogens is 4. The maximum atomic E-state index is 12.9. The first kappa shape index (κ1) is 21.0. The number of nitrogens with one attached hydrogen (secondary N) is 1. The molecule has 0 radical (unpaired) electrons. The van der Waals surface area contributed by atoms with Crippen LogP contribution in [-0.2, 0) is 12.8 Å². The van der Waals surface area contributed by atoms with Gasteiger partial charge in [-0.3, -0.25) is 18.6 Å². The highest BCUT2D eigenvalue weighted by molar-refractivity contribution is 7.98. The van der Waals surface area contributed by atoms with Crippen LogP contribution in [0.5, 0.6) is 0 Å². The number of thioether (sulfide) groups is 1. The summed E-state index contributed by atoms with van der Waals surface area (Å²) in [7, 11) is 1.68. The highest BCUT2D eigenvalue weighted by atomic mass is 35.5. The second-order valence-corrected chi connectivity index (χ2v) is 9.40. The number of hydrogen-bond donors (Lipinski definition) is 1. The Bertz CT molecular complexity index is 1390. The summed E-state index contributed by atoms with van der Waals surface area (Å²) in [5.41, 5.74) is 1.95. The molecular formula is C23H22ClN5O2S. The van der Waals surface area contributed by atoms with Crippen molar-refractivity contribution in [2.24, 2.45) is 7.05 Å². The molecule has 0 saturated heterocycles. The van der Waals surface area contributed by atoms with Crippen LogP contribution in [0.1, 0.15) is 41.6 Å². The molecule has 0 bridgehead atoms. The average molecular weight is 468 g/mol. The first-order valence-corrected chi connectivity index (χ1v) is 11.9. The van der Waals surface area contributed by atoms with Crippen LogP contribution in [0.3, 0.4) is 0 Å². The van der Waals surface area contributed by atoms with Gasteiger partial charge in [-0.1, -0.05) is 54.4 Å². The number of nitrogens with zero attached hydrogens (tertiary/aromatic N) is 4. The van der Waals surface area contributed by atoms with Crippen molar-refractivity contribution in [1.82, 2.24) is 24.5 Å². The zero-order chi connectivity index (χ0) is 22.2. The van der Waals surface area contributed by atoms with Crippen molar-refractivity contribution < 1.29 is 4.79 Å². The first-order chi connectivity index (χ1) is 15.5. The standard InChI is InChI=1S/C23H22ClN5O2S/c1-28-21(31)17-11-10-14(20(30)25-16-7-3-4-8-16)12-19(17)29-22(28)26-27-23(29)32-13-15-6-2-5-9-18(15)24/h2,5-6,9-12,16H,3-4,7-8,13H2,1H3,(H,25,30). The van der Waals surface area contributed by atoms with Gasteiger partial charge in [-0.2, -0.15) is 0 Å². The molecule has 1 fully saturated rings. The number of fused-ring (bicyclic) bond motifs is 3. The maximum Gasteiger partial charge on any atom is 0.262 e. The second-order valence-electron chi connectivity index (χ2n) is 8.05. The van der Waals surface area contributed by atoms with Crippen molar-refractivity contribution in [1.29, 1.82) is 0 Å². The van der Waals surface area contributed by atoms with Gasteiger partial charge in [0.1, 0.15) is 0 Å². The predicted molar refractivity (Wildman–Crippen MR) is 126 cm³/mol. The molecule has 0 unspecified atom stereocenters. The minimum absolute atomic E-state index is 0.119. The fourth-order valence-corrected chi connectivity index (χ4v) is 5.42. The number of benzene rings is 2. The summed E-state index contributed by atoms with van der Waals surface area (Å²) in [6.45, 7) is 0. The molecule has 2 aromatic heterocycles. The highest BCUT2D eigenvalue weighted by Crippen LogP contribution is 2.28. The van der Waals surface area contributed by atoms with Gasteiger partial charge in [0, 0.05) is 29.4 Å². The van der Waals surface area contributed by atoms with E-state index in [2.05, 4.69) is 15.5 Å². The molecule has 0 atom stereocenters. The Hall–Kier alpha value is -2.84. The minimum Gasteiger partial charge on any atom is -0.349 e. The van der Waals surface area contributed by atoms with Crippen LogP contribution in [0, 0.1) is 0 Å². The second kappa shape index (κ2) is 8.60. The van der Waals surface area contributed by atoms with Crippen LogP contribution in [0.2, 0.25) is 5.02 Å². The van der Waals surface area contributed by atoms with Crippen molar-refractivity contribution in [2.45, 2.75) is 42.6 Å². The molecule has 0 aliphatic heterocycles. The lowest BCUT2D eigenvalue weighted by molar-refractivity contribution is 0.0938. The number of rotatable bonds is 5. The molecule has 1 aliphatic carbocycles. The minimum atomic E-state index is -0.176. The van der Waals surface area contributed by atoms with Gasteiger partial charge in [-0.05, 0) is 42.7 Å². The van der Waals surface area contributed by atoms with Gasteiger partial charge in [-0.25, -0.2) is 0 Å². The summed E-state index contributed by atoms with van der Waals surface area (Å²) in [5, 5.41) is 13.5. The Kier molecular flexibility index (Phi) is 5.65. The van der Waals surface area contributed by atoms with Gasteiger partial charge < -0.3 is 5.32 Å². The lowest BCUT2D eigenvalue weighted by atomic mass is 10.1. The number of hydrogen-bond acceptors (Lipinski definition) is 5. The largest absolute Gasteiger partial charge is 0.349 e. The molecule has 1 amide bonds. The number of carbonyl (C=O) groups is 1. The van der Waals surface area contributed by atoms with E-state index in [1.54, 1.807) is 25.2 Å². The molecule has 1 N–H and O–H groups in total. The molecule has 5 rings (SSSR count). The van der Waals surface area contributed by atoms with E-state index < -0.39 is 0 Å². The van der Waals surface area contributed by atoms with Crippen molar-refractivity contribution in [2.75, 3.05) is 0 Å². The molecule has 2 aromatic carbocycles. The summed E-state index contributed by atoms with van der Waals surface area (Å²) >= 11 is 7.79. The molecule has 164 valence electrons. The third kappa shape index (κ3) is 3.78. The van der Waals surface area contributed by atoms with E-state index in [1.807, 2.05) is 28.7 Å². The molecule has 7 nitrogen and oxygen atoms in total. The van der Waals surface area contributed by atoms with E-state index in [0.717, 1.165) is 31.2 Å². The Morgan fingerprint density at radius 2 is 1.97 bits per heavy atom. The third-order valence-corrected chi connectivity index (χ3v) is 7.30. The van der Waals surface area contributed by atoms with Crippen molar-refractivity contribution in [3.8, 4) is 0 Å². The van der Waals surface area contributed by atoms with Gasteiger partial charge in [0.15, 0.2) is 5.16 Å². The van der Waals surface area contributed by atoms with Gasteiger partial charge in [0.25, 0.3) is 11.5 Å². The first-order valence-electron chi connectivity index (χ1n) is 10.6.